The third-order valence-electron chi connectivity index (χ3n) is 4.32. The van der Waals surface area contributed by atoms with Gasteiger partial charge in [0, 0.05) is 25.8 Å². The summed E-state index contributed by atoms with van der Waals surface area (Å²) in [5.41, 5.74) is 0. The van der Waals surface area contributed by atoms with Gasteiger partial charge in [0.1, 0.15) is 0 Å². The number of unbranched alkanes of at least 4 members (excludes halogenated alkanes) is 1. The molecule has 5 heteroatoms. The van der Waals surface area contributed by atoms with Crippen molar-refractivity contribution in [3.8, 4) is 11.8 Å². The first-order valence-electron chi connectivity index (χ1n) is 8.88. The third kappa shape index (κ3) is 8.04. The topological polar surface area (TPSA) is 77.8 Å². The van der Waals surface area contributed by atoms with Crippen LogP contribution in [0.3, 0.4) is 0 Å². The van der Waals surface area contributed by atoms with Crippen LogP contribution in [0.5, 0.6) is 0 Å². The van der Waals surface area contributed by atoms with Crippen molar-refractivity contribution in [2.24, 2.45) is 5.92 Å². The van der Waals surface area contributed by atoms with Crippen LogP contribution in [0.25, 0.3) is 0 Å². The highest BCUT2D eigenvalue weighted by Gasteiger charge is 2.28. The van der Waals surface area contributed by atoms with Gasteiger partial charge in [-0.05, 0) is 32.1 Å². The van der Waals surface area contributed by atoms with Crippen LogP contribution in [0.1, 0.15) is 52.4 Å². The quantitative estimate of drug-likeness (QED) is 0.362. The van der Waals surface area contributed by atoms with E-state index in [0.29, 0.717) is 32.2 Å². The minimum atomic E-state index is -0.786. The molecular formula is C20H29NO4. The molecule has 1 saturated heterocycles. The van der Waals surface area contributed by atoms with Crippen LogP contribution in [-0.4, -0.2) is 45.7 Å². The molecule has 0 spiro atoms. The molecule has 138 valence electrons. The van der Waals surface area contributed by atoms with E-state index in [-0.39, 0.29) is 24.3 Å². The van der Waals surface area contributed by atoms with Gasteiger partial charge in [-0.25, -0.2) is 0 Å². The lowest BCUT2D eigenvalue weighted by atomic mass is 10.00. The summed E-state index contributed by atoms with van der Waals surface area (Å²) in [4.78, 5) is 24.3. The van der Waals surface area contributed by atoms with E-state index in [9.17, 15) is 14.7 Å². The van der Waals surface area contributed by atoms with E-state index in [1.54, 1.807) is 17.9 Å². The highest BCUT2D eigenvalue weighted by atomic mass is 16.4. The molecule has 1 amide bonds. The number of aliphatic hydroxyl groups is 1. The maximum absolute atomic E-state index is 12.0. The molecule has 0 radical (unpaired) electrons. The van der Waals surface area contributed by atoms with Gasteiger partial charge in [0.05, 0.1) is 12.1 Å². The van der Waals surface area contributed by atoms with Crippen molar-refractivity contribution in [1.82, 2.24) is 4.90 Å². The van der Waals surface area contributed by atoms with Gasteiger partial charge in [-0.15, -0.1) is 11.8 Å². The Morgan fingerprint density at radius 3 is 2.88 bits per heavy atom. The number of aliphatic carboxylic acids is 1. The van der Waals surface area contributed by atoms with Crippen LogP contribution in [0.2, 0.25) is 0 Å². The Labute approximate surface area is 150 Å². The lowest BCUT2D eigenvalue weighted by Crippen LogP contribution is -2.32. The second-order valence-corrected chi connectivity index (χ2v) is 6.39. The predicted octanol–water partition coefficient (Wildman–Crippen LogP) is 2.76. The van der Waals surface area contributed by atoms with Gasteiger partial charge in [0.25, 0.3) is 0 Å². The standard InChI is InChI=1S/C20H29NO4/c1-3-4-9-16(2)18(22)13-11-17-12-14-19(23)21(17)15-8-6-5-7-10-20(24)25/h6,8,11,13,16-18,22H,5,7,9-10,12,14-15H2,1-2H3,(H,24,25)/t16-,17?,18+/m0/s1. The van der Waals surface area contributed by atoms with Gasteiger partial charge in [-0.3, -0.25) is 9.59 Å². The summed E-state index contributed by atoms with van der Waals surface area (Å²) >= 11 is 0. The smallest absolute Gasteiger partial charge is 0.303 e. The van der Waals surface area contributed by atoms with Gasteiger partial charge < -0.3 is 15.1 Å². The molecule has 0 saturated carbocycles. The fourth-order valence-corrected chi connectivity index (χ4v) is 2.69. The first-order chi connectivity index (χ1) is 12.0. The summed E-state index contributed by atoms with van der Waals surface area (Å²) in [5, 5.41) is 18.7. The average Bonchev–Trinajstić information content (AvgIpc) is 2.93. The predicted molar refractivity (Wildman–Crippen MR) is 97.7 cm³/mol. The lowest BCUT2D eigenvalue weighted by molar-refractivity contribution is -0.137. The zero-order chi connectivity index (χ0) is 18.7. The molecule has 0 aromatic carbocycles. The number of carboxylic acids is 1. The van der Waals surface area contributed by atoms with Gasteiger partial charge in [0.2, 0.25) is 5.91 Å². The third-order valence-corrected chi connectivity index (χ3v) is 4.32. The molecule has 5 nitrogen and oxygen atoms in total. The molecule has 25 heavy (non-hydrogen) atoms. The largest absolute Gasteiger partial charge is 0.481 e. The number of hydrogen-bond acceptors (Lipinski definition) is 3. The molecule has 0 bridgehead atoms. The van der Waals surface area contributed by atoms with Crippen molar-refractivity contribution in [1.29, 1.82) is 0 Å². The van der Waals surface area contributed by atoms with Gasteiger partial charge in [-0.2, -0.15) is 0 Å². The monoisotopic (exact) mass is 347 g/mol. The Bertz CT molecular complexity index is 556. The number of carboxylic acid groups (broad SMARTS) is 1. The first-order valence-corrected chi connectivity index (χ1v) is 8.88. The van der Waals surface area contributed by atoms with Crippen LogP contribution in [-0.2, 0) is 9.59 Å². The van der Waals surface area contributed by atoms with Crippen molar-refractivity contribution >= 4 is 11.9 Å². The van der Waals surface area contributed by atoms with Crippen molar-refractivity contribution < 1.29 is 19.8 Å². The SMILES string of the molecule is CC#CC[C@H](C)[C@H](O)C=CC1CCC(=O)N1CC=CCCCC(=O)O. The fourth-order valence-electron chi connectivity index (χ4n) is 2.69. The van der Waals surface area contributed by atoms with Crippen molar-refractivity contribution in [3.05, 3.63) is 24.3 Å². The second kappa shape index (κ2) is 11.5. The average molecular weight is 347 g/mol. The molecule has 1 heterocycles. The zero-order valence-electron chi connectivity index (χ0n) is 15.1. The van der Waals surface area contributed by atoms with Crippen LogP contribution < -0.4 is 0 Å². The molecule has 2 N–H and O–H groups in total. The Morgan fingerprint density at radius 2 is 2.20 bits per heavy atom. The number of nitrogens with zero attached hydrogens (tertiary/aromatic N) is 1. The van der Waals surface area contributed by atoms with Crippen molar-refractivity contribution in [2.75, 3.05) is 6.54 Å². The highest BCUT2D eigenvalue weighted by Crippen LogP contribution is 2.20. The van der Waals surface area contributed by atoms with Gasteiger partial charge in [0.15, 0.2) is 0 Å². The molecule has 0 aromatic rings. The molecule has 1 fully saturated rings. The van der Waals surface area contributed by atoms with Crippen LogP contribution in [0, 0.1) is 17.8 Å². The molecule has 1 unspecified atom stereocenters. The van der Waals surface area contributed by atoms with E-state index in [1.807, 2.05) is 25.2 Å². The van der Waals surface area contributed by atoms with Gasteiger partial charge in [-0.1, -0.05) is 31.2 Å². The second-order valence-electron chi connectivity index (χ2n) is 6.39. The van der Waals surface area contributed by atoms with E-state index in [2.05, 4.69) is 11.8 Å². The summed E-state index contributed by atoms with van der Waals surface area (Å²) in [6.45, 7) is 4.26. The van der Waals surface area contributed by atoms with E-state index in [0.717, 1.165) is 6.42 Å². The Balaban J connectivity index is 2.48. The fraction of sp³-hybridized carbons (Fsp3) is 0.600. The number of hydrogen-bond donors (Lipinski definition) is 2. The minimum absolute atomic E-state index is 0.00952. The molecule has 0 aliphatic carbocycles. The maximum atomic E-state index is 12.0. The van der Waals surface area contributed by atoms with E-state index in [4.69, 9.17) is 5.11 Å². The summed E-state index contributed by atoms with van der Waals surface area (Å²) in [5.74, 6) is 5.19. The number of rotatable bonds is 10. The summed E-state index contributed by atoms with van der Waals surface area (Å²) in [7, 11) is 0. The van der Waals surface area contributed by atoms with Crippen molar-refractivity contribution in [2.45, 2.75) is 64.5 Å². The van der Waals surface area contributed by atoms with Crippen molar-refractivity contribution in [3.63, 3.8) is 0 Å². The summed E-state index contributed by atoms with van der Waals surface area (Å²) < 4.78 is 0. The number of aliphatic hydroxyl groups excluding tert-OH is 1. The number of likely N-dealkylation sites (tertiary alicyclic amines) is 1. The first kappa shape index (κ1) is 21.0. The number of carbonyl (C=O) groups excluding carboxylic acids is 1. The molecule has 3 atom stereocenters. The molecule has 1 aliphatic rings. The van der Waals surface area contributed by atoms with Gasteiger partial charge >= 0.3 is 5.97 Å². The number of allylic oxidation sites excluding steroid dienone is 1. The van der Waals surface area contributed by atoms with Crippen LogP contribution in [0.4, 0.5) is 0 Å². The molecule has 1 rings (SSSR count). The normalized spacial score (nSPS) is 20.0. The highest BCUT2D eigenvalue weighted by molar-refractivity contribution is 5.79. The van der Waals surface area contributed by atoms with E-state index >= 15 is 0 Å². The minimum Gasteiger partial charge on any atom is -0.481 e. The number of carbonyl (C=O) groups is 2. The lowest BCUT2D eigenvalue weighted by Gasteiger charge is -2.21. The Morgan fingerprint density at radius 1 is 1.44 bits per heavy atom. The summed E-state index contributed by atoms with van der Waals surface area (Å²) in [6.07, 6.45) is 10.4. The molecule has 1 aliphatic heterocycles. The number of amides is 1. The Hall–Kier alpha value is -2.06. The van der Waals surface area contributed by atoms with E-state index in [1.165, 1.54) is 0 Å². The van der Waals surface area contributed by atoms with Crippen LogP contribution in [0.15, 0.2) is 24.3 Å². The molecule has 0 aromatic heterocycles. The Kier molecular flexibility index (Phi) is 9.64. The summed E-state index contributed by atoms with van der Waals surface area (Å²) in [6, 6.07) is 0.00952. The maximum Gasteiger partial charge on any atom is 0.303 e. The zero-order valence-corrected chi connectivity index (χ0v) is 15.1. The van der Waals surface area contributed by atoms with E-state index < -0.39 is 12.1 Å². The van der Waals surface area contributed by atoms with Crippen LogP contribution >= 0.6 is 0 Å². The molecular weight excluding hydrogens is 318 g/mol.